The number of halogens is 1. The van der Waals surface area contributed by atoms with Gasteiger partial charge in [0.2, 0.25) is 0 Å². The topological polar surface area (TPSA) is 40.0 Å². The van der Waals surface area contributed by atoms with Crippen LogP contribution in [0.15, 0.2) is 22.7 Å². The number of aliphatic imine (C=N–C) groups is 1. The van der Waals surface area contributed by atoms with Crippen LogP contribution in [0.2, 0.25) is 0 Å². The van der Waals surface area contributed by atoms with Crippen LogP contribution >= 0.6 is 21.0 Å². The Morgan fingerprint density at radius 1 is 1.50 bits per heavy atom. The fourth-order valence-electron chi connectivity index (χ4n) is 3.42. The SMILES string of the molecule is C=CCC(C)(CC)N1N=CC(C2NCN=C[C@@H](C)[C@H](C)C2(C)C)=I1. The first-order valence-corrected chi connectivity index (χ1v) is 11.0. The highest BCUT2D eigenvalue weighted by Gasteiger charge is 2.41. The fraction of sp³-hybridized carbons (Fsp3) is 0.737. The van der Waals surface area contributed by atoms with E-state index in [0.29, 0.717) is 24.5 Å². The monoisotopic (exact) mass is 444 g/mol. The molecule has 5 heteroatoms. The molecule has 0 saturated carbocycles. The van der Waals surface area contributed by atoms with Crippen molar-refractivity contribution in [2.75, 3.05) is 6.67 Å². The maximum atomic E-state index is 4.81. The highest BCUT2D eigenvalue weighted by Crippen LogP contribution is 2.40. The molecule has 0 aromatic carbocycles. The minimum absolute atomic E-state index is 0.0934. The number of hydrazone groups is 1. The largest absolute Gasteiger partial charge is 0.290 e. The number of hydrogen-bond acceptors (Lipinski definition) is 4. The molecule has 136 valence electrons. The minimum atomic E-state index is -0.273. The van der Waals surface area contributed by atoms with Gasteiger partial charge < -0.3 is 0 Å². The van der Waals surface area contributed by atoms with Gasteiger partial charge in [0.25, 0.3) is 0 Å². The van der Waals surface area contributed by atoms with E-state index in [4.69, 9.17) is 5.10 Å². The molecule has 0 aromatic heterocycles. The van der Waals surface area contributed by atoms with Crippen molar-refractivity contribution in [3.63, 3.8) is 0 Å². The lowest BCUT2D eigenvalue weighted by atomic mass is 9.68. The van der Waals surface area contributed by atoms with Gasteiger partial charge in [-0.25, -0.2) is 3.22 Å². The number of nitrogens with zero attached hydrogens (tertiary/aromatic N) is 3. The van der Waals surface area contributed by atoms with Crippen LogP contribution in [0, 0.1) is 17.3 Å². The molecule has 2 aliphatic heterocycles. The lowest BCUT2D eigenvalue weighted by molar-refractivity contribution is 0.164. The van der Waals surface area contributed by atoms with Crippen LogP contribution in [-0.4, -0.2) is 37.4 Å². The molecule has 0 aliphatic carbocycles. The van der Waals surface area contributed by atoms with Crippen molar-refractivity contribution in [1.29, 1.82) is 0 Å². The number of rotatable bonds is 5. The number of hydrogen-bond donors (Lipinski definition) is 1. The Bertz CT molecular complexity index is 552. The Labute approximate surface area is 158 Å². The summed E-state index contributed by atoms with van der Waals surface area (Å²) in [7, 11) is 0. The zero-order chi connectivity index (χ0) is 18.0. The van der Waals surface area contributed by atoms with E-state index in [0.717, 1.165) is 12.8 Å². The van der Waals surface area contributed by atoms with Crippen LogP contribution in [-0.2, 0) is 0 Å². The van der Waals surface area contributed by atoms with Crippen LogP contribution in [0.1, 0.15) is 54.4 Å². The first-order chi connectivity index (χ1) is 11.3. The summed E-state index contributed by atoms with van der Waals surface area (Å²) in [5, 5.41) is 8.49. The second kappa shape index (κ2) is 7.77. The molecule has 1 N–H and O–H groups in total. The van der Waals surface area contributed by atoms with Crippen molar-refractivity contribution in [3.05, 3.63) is 12.7 Å². The fourth-order valence-corrected chi connectivity index (χ4v) is 6.86. The van der Waals surface area contributed by atoms with E-state index >= 15 is 0 Å². The van der Waals surface area contributed by atoms with Crippen molar-refractivity contribution in [2.24, 2.45) is 27.3 Å². The molecule has 4 atom stereocenters. The maximum Gasteiger partial charge on any atom is 0.0885 e. The molecule has 0 amide bonds. The van der Waals surface area contributed by atoms with Crippen molar-refractivity contribution >= 4 is 36.9 Å². The van der Waals surface area contributed by atoms with Gasteiger partial charge in [-0.1, -0.05) is 40.7 Å². The second-order valence-corrected chi connectivity index (χ2v) is 10.6. The molecule has 4 nitrogen and oxygen atoms in total. The third kappa shape index (κ3) is 3.82. The van der Waals surface area contributed by atoms with E-state index in [2.05, 4.69) is 74.1 Å². The van der Waals surface area contributed by atoms with E-state index < -0.39 is 0 Å². The van der Waals surface area contributed by atoms with Crippen molar-refractivity contribution in [1.82, 2.24) is 8.54 Å². The van der Waals surface area contributed by atoms with Crippen LogP contribution in [0.4, 0.5) is 0 Å². The minimum Gasteiger partial charge on any atom is -0.290 e. The highest BCUT2D eigenvalue weighted by atomic mass is 127. The Morgan fingerprint density at radius 3 is 2.83 bits per heavy atom. The summed E-state index contributed by atoms with van der Waals surface area (Å²) in [4.78, 5) is 4.55. The lowest BCUT2D eigenvalue weighted by Crippen LogP contribution is -2.52. The van der Waals surface area contributed by atoms with E-state index in [-0.39, 0.29) is 32.0 Å². The summed E-state index contributed by atoms with van der Waals surface area (Å²) < 4.78 is 3.84. The highest BCUT2D eigenvalue weighted by molar-refractivity contribution is 14.2. The van der Waals surface area contributed by atoms with E-state index in [9.17, 15) is 0 Å². The molecule has 0 fully saturated rings. The van der Waals surface area contributed by atoms with Gasteiger partial charge in [-0.2, -0.15) is 5.10 Å². The Morgan fingerprint density at radius 2 is 2.21 bits per heavy atom. The van der Waals surface area contributed by atoms with Gasteiger partial charge in [0.05, 0.1) is 18.4 Å². The van der Waals surface area contributed by atoms with E-state index in [1.807, 2.05) is 6.08 Å². The quantitative estimate of drug-likeness (QED) is 0.388. The zero-order valence-corrected chi connectivity index (χ0v) is 18.2. The van der Waals surface area contributed by atoms with Crippen LogP contribution in [0.3, 0.4) is 0 Å². The molecule has 2 rings (SSSR count). The first kappa shape index (κ1) is 19.8. The lowest BCUT2D eigenvalue weighted by Gasteiger charge is -2.42. The van der Waals surface area contributed by atoms with Crippen molar-refractivity contribution in [3.8, 4) is 0 Å². The Balaban J connectivity index is 2.30. The summed E-state index contributed by atoms with van der Waals surface area (Å²) in [5.74, 6) is 1.06. The Hall–Kier alpha value is -0.560. The zero-order valence-electron chi connectivity index (χ0n) is 16.0. The maximum absolute atomic E-state index is 4.81. The standard InChI is InChI=1S/C19H33IN4/c1-8-10-19(7,9-2)24-20-16(12-23-24)17-18(5,6)15(4)14(3)11-21-13-22-17/h8,11-12,14-15,17,22H,1,9-10,13H2,2-7H3/t14-,15+,17?,19?/m1/s1. The summed E-state index contributed by atoms with van der Waals surface area (Å²) >= 11 is -0.273. The average Bonchev–Trinajstić information content (AvgIpc) is 3.02. The van der Waals surface area contributed by atoms with Gasteiger partial charge >= 0.3 is 0 Å². The summed E-state index contributed by atoms with van der Waals surface area (Å²) in [5.41, 5.74) is 0.264. The molecular formula is C19H33IN4. The molecule has 0 spiro atoms. The third-order valence-electron chi connectivity index (χ3n) is 5.96. The second-order valence-electron chi connectivity index (χ2n) is 7.91. The average molecular weight is 444 g/mol. The molecule has 2 aliphatic rings. The molecule has 24 heavy (non-hydrogen) atoms. The summed E-state index contributed by atoms with van der Waals surface area (Å²) in [6, 6.07) is 0.346. The predicted molar refractivity (Wildman–Crippen MR) is 115 cm³/mol. The molecule has 0 radical (unpaired) electrons. The van der Waals surface area contributed by atoms with Gasteiger partial charge in [-0.3, -0.25) is 10.3 Å². The smallest absolute Gasteiger partial charge is 0.0885 e. The van der Waals surface area contributed by atoms with Gasteiger partial charge in [0.1, 0.15) is 0 Å². The third-order valence-corrected chi connectivity index (χ3v) is 9.29. The van der Waals surface area contributed by atoms with Gasteiger partial charge in [-0.05, 0) is 37.0 Å². The van der Waals surface area contributed by atoms with Crippen LogP contribution < -0.4 is 5.32 Å². The summed E-state index contributed by atoms with van der Waals surface area (Å²) in [6.07, 6.45) is 8.34. The number of nitrogens with one attached hydrogen (secondary N) is 1. The normalized spacial score (nSPS) is 32.3. The van der Waals surface area contributed by atoms with Crippen LogP contribution in [0.25, 0.3) is 0 Å². The molecule has 0 aromatic rings. The molecule has 2 unspecified atom stereocenters. The predicted octanol–water partition coefficient (Wildman–Crippen LogP) is 4.39. The first-order valence-electron chi connectivity index (χ1n) is 8.96. The van der Waals surface area contributed by atoms with Gasteiger partial charge in [0, 0.05) is 36.8 Å². The molecule has 2 heterocycles. The molecule has 0 bridgehead atoms. The van der Waals surface area contributed by atoms with E-state index in [1.54, 1.807) is 0 Å². The Kier molecular flexibility index (Phi) is 6.40. The molecular weight excluding hydrogens is 411 g/mol. The van der Waals surface area contributed by atoms with Crippen LogP contribution in [0.5, 0.6) is 0 Å². The van der Waals surface area contributed by atoms with Crippen molar-refractivity contribution in [2.45, 2.75) is 66.0 Å². The van der Waals surface area contributed by atoms with E-state index in [1.165, 1.54) is 3.51 Å². The van der Waals surface area contributed by atoms with Gasteiger partial charge in [0.15, 0.2) is 0 Å². The summed E-state index contributed by atoms with van der Waals surface area (Å²) in [6.45, 7) is 18.6. The van der Waals surface area contributed by atoms with Crippen molar-refractivity contribution < 1.29 is 0 Å². The molecule has 0 saturated heterocycles. The van der Waals surface area contributed by atoms with Gasteiger partial charge in [-0.15, -0.1) is 6.58 Å².